The highest BCUT2D eigenvalue weighted by atomic mass is 16.4. The predicted octanol–water partition coefficient (Wildman–Crippen LogP) is 1.90. The van der Waals surface area contributed by atoms with Gasteiger partial charge >= 0.3 is 5.97 Å². The van der Waals surface area contributed by atoms with Gasteiger partial charge in [0, 0.05) is 18.6 Å². The molecule has 2 aliphatic rings. The summed E-state index contributed by atoms with van der Waals surface area (Å²) in [5, 5.41) is 28.3. The molecule has 13 heteroatoms. The van der Waals surface area contributed by atoms with Crippen LogP contribution in [-0.2, 0) is 43.2 Å². The average molecular weight is 710 g/mol. The number of carbonyl (C=O) groups is 5. The SMILES string of the molecule is N=C(N)NCC[C@H](NC(=O)C1C[C@@H](Cc2ccccc2)[C@@H]2CCC(NC(=O)Cc3ccccc3)C(=O)N12)C(=O)N[C@H](CC(=O)O)Cc1ccccc1. The fourth-order valence-corrected chi connectivity index (χ4v) is 7.35. The molecule has 4 amide bonds. The number of benzene rings is 3. The van der Waals surface area contributed by atoms with Crippen LogP contribution in [0.2, 0.25) is 0 Å². The van der Waals surface area contributed by atoms with Crippen molar-refractivity contribution in [3.8, 4) is 0 Å². The number of guanidine groups is 1. The van der Waals surface area contributed by atoms with E-state index in [2.05, 4.69) is 21.3 Å². The summed E-state index contributed by atoms with van der Waals surface area (Å²) < 4.78 is 0. The number of amides is 4. The summed E-state index contributed by atoms with van der Waals surface area (Å²) in [4.78, 5) is 68.5. The molecule has 274 valence electrons. The van der Waals surface area contributed by atoms with Crippen LogP contribution in [0.5, 0.6) is 0 Å². The van der Waals surface area contributed by atoms with Gasteiger partial charge in [0.1, 0.15) is 18.1 Å². The molecule has 2 saturated heterocycles. The molecule has 52 heavy (non-hydrogen) atoms. The lowest BCUT2D eigenvalue weighted by atomic mass is 9.86. The van der Waals surface area contributed by atoms with Crippen LogP contribution in [0.1, 0.15) is 48.8 Å². The highest BCUT2D eigenvalue weighted by Crippen LogP contribution is 2.39. The normalized spacial score (nSPS) is 20.5. The Hall–Kier alpha value is -5.72. The number of carboxylic acid groups (broad SMARTS) is 1. The number of nitrogens with two attached hydrogens (primary N) is 1. The van der Waals surface area contributed by atoms with Crippen molar-refractivity contribution in [1.82, 2.24) is 26.2 Å². The molecule has 0 saturated carbocycles. The quantitative estimate of drug-likeness (QED) is 0.0862. The summed E-state index contributed by atoms with van der Waals surface area (Å²) in [7, 11) is 0. The van der Waals surface area contributed by atoms with Crippen LogP contribution < -0.4 is 27.0 Å². The van der Waals surface area contributed by atoms with Gasteiger partial charge in [0.05, 0.1) is 12.8 Å². The minimum absolute atomic E-state index is 0.0397. The molecule has 8 N–H and O–H groups in total. The Bertz CT molecular complexity index is 1710. The van der Waals surface area contributed by atoms with Crippen molar-refractivity contribution in [3.05, 3.63) is 108 Å². The number of hydrogen-bond acceptors (Lipinski definition) is 6. The zero-order valence-corrected chi connectivity index (χ0v) is 29.0. The van der Waals surface area contributed by atoms with E-state index in [-0.39, 0.29) is 62.0 Å². The Morgan fingerprint density at radius 2 is 1.48 bits per heavy atom. The molecule has 6 atom stereocenters. The summed E-state index contributed by atoms with van der Waals surface area (Å²) in [6.07, 6.45) is 2.12. The maximum atomic E-state index is 14.2. The molecule has 0 aromatic heterocycles. The lowest BCUT2D eigenvalue weighted by Crippen LogP contribution is -2.61. The van der Waals surface area contributed by atoms with Gasteiger partial charge in [-0.25, -0.2) is 0 Å². The molecule has 13 nitrogen and oxygen atoms in total. The van der Waals surface area contributed by atoms with Gasteiger partial charge in [-0.15, -0.1) is 0 Å². The molecular weight excluding hydrogens is 662 g/mol. The highest BCUT2D eigenvalue weighted by Gasteiger charge is 2.51. The van der Waals surface area contributed by atoms with Crippen LogP contribution in [0.15, 0.2) is 91.0 Å². The number of aliphatic carboxylic acids is 1. The number of piperidine rings is 1. The lowest BCUT2D eigenvalue weighted by molar-refractivity contribution is -0.147. The van der Waals surface area contributed by atoms with Crippen molar-refractivity contribution in [2.24, 2.45) is 11.7 Å². The highest BCUT2D eigenvalue weighted by molar-refractivity contribution is 5.95. The summed E-state index contributed by atoms with van der Waals surface area (Å²) in [5.74, 6) is -3.17. The number of fused-ring (bicyclic) bond motifs is 1. The van der Waals surface area contributed by atoms with E-state index in [1.54, 1.807) is 4.90 Å². The Balaban J connectivity index is 1.34. The van der Waals surface area contributed by atoms with E-state index in [1.165, 1.54) is 0 Å². The predicted molar refractivity (Wildman–Crippen MR) is 195 cm³/mol. The molecule has 3 aromatic rings. The van der Waals surface area contributed by atoms with Crippen molar-refractivity contribution in [2.45, 2.75) is 81.6 Å². The van der Waals surface area contributed by atoms with Crippen LogP contribution in [0, 0.1) is 11.3 Å². The van der Waals surface area contributed by atoms with Crippen molar-refractivity contribution in [3.63, 3.8) is 0 Å². The number of rotatable bonds is 16. The summed E-state index contributed by atoms with van der Waals surface area (Å²) >= 11 is 0. The van der Waals surface area contributed by atoms with Crippen molar-refractivity contribution >= 4 is 35.6 Å². The minimum Gasteiger partial charge on any atom is -0.481 e. The smallest absolute Gasteiger partial charge is 0.305 e. The standard InChI is InChI=1S/C39H47N7O6/c40-39(41)42-19-18-30(36(50)43-29(24-35(48)49)21-26-12-6-2-7-13-26)45-37(51)33-23-28(20-25-10-4-1-5-11-25)32-17-16-31(38(52)46(32)33)44-34(47)22-27-14-8-3-9-15-27/h1-15,28-33H,16-24H2,(H,43,50)(H,44,47)(H,45,51)(H,48,49)(H4,40,41,42)/t28-,29+,30+,31?,32+,33?/m1/s1. The molecule has 2 heterocycles. The average Bonchev–Trinajstić information content (AvgIpc) is 3.48. The second kappa shape index (κ2) is 18.0. The van der Waals surface area contributed by atoms with Crippen molar-refractivity contribution in [2.75, 3.05) is 6.54 Å². The van der Waals surface area contributed by atoms with Crippen LogP contribution in [0.3, 0.4) is 0 Å². The second-order valence-electron chi connectivity index (χ2n) is 13.6. The van der Waals surface area contributed by atoms with E-state index in [0.717, 1.165) is 16.7 Å². The van der Waals surface area contributed by atoms with E-state index < -0.39 is 42.0 Å². The summed E-state index contributed by atoms with van der Waals surface area (Å²) in [6, 6.07) is 24.4. The van der Waals surface area contributed by atoms with E-state index in [4.69, 9.17) is 11.1 Å². The Kier molecular flexibility index (Phi) is 13.0. The van der Waals surface area contributed by atoms with Gasteiger partial charge < -0.3 is 37.0 Å². The second-order valence-corrected chi connectivity index (χ2v) is 13.6. The van der Waals surface area contributed by atoms with E-state index in [0.29, 0.717) is 25.7 Å². The first-order valence-electron chi connectivity index (χ1n) is 17.7. The third-order valence-corrected chi connectivity index (χ3v) is 9.73. The Morgan fingerprint density at radius 1 is 0.865 bits per heavy atom. The molecule has 2 aliphatic heterocycles. The van der Waals surface area contributed by atoms with Gasteiger partial charge in [-0.1, -0.05) is 91.0 Å². The van der Waals surface area contributed by atoms with E-state index in [9.17, 15) is 29.1 Å². The van der Waals surface area contributed by atoms with Crippen molar-refractivity contribution in [1.29, 1.82) is 5.41 Å². The van der Waals surface area contributed by atoms with Gasteiger partial charge in [0.15, 0.2) is 5.96 Å². The molecule has 5 rings (SSSR count). The molecule has 3 aromatic carbocycles. The summed E-state index contributed by atoms with van der Waals surface area (Å²) in [6.45, 7) is 0.0814. The van der Waals surface area contributed by atoms with Gasteiger partial charge in [-0.3, -0.25) is 29.4 Å². The van der Waals surface area contributed by atoms with Crippen LogP contribution in [-0.4, -0.2) is 82.3 Å². The first-order chi connectivity index (χ1) is 25.1. The van der Waals surface area contributed by atoms with Gasteiger partial charge in [0.2, 0.25) is 23.6 Å². The van der Waals surface area contributed by atoms with Gasteiger partial charge in [-0.2, -0.15) is 0 Å². The zero-order chi connectivity index (χ0) is 37.0. The van der Waals surface area contributed by atoms with Crippen LogP contribution in [0.25, 0.3) is 0 Å². The topological polar surface area (TPSA) is 207 Å². The first kappa shape index (κ1) is 37.5. The first-order valence-corrected chi connectivity index (χ1v) is 17.7. The van der Waals surface area contributed by atoms with Gasteiger partial charge in [0.25, 0.3) is 0 Å². The van der Waals surface area contributed by atoms with Gasteiger partial charge in [-0.05, 0) is 61.1 Å². The zero-order valence-electron chi connectivity index (χ0n) is 29.0. The molecule has 2 unspecified atom stereocenters. The fraction of sp³-hybridized carbons (Fsp3) is 0.385. The van der Waals surface area contributed by atoms with E-state index >= 15 is 0 Å². The number of nitrogens with zero attached hydrogens (tertiary/aromatic N) is 1. The third kappa shape index (κ3) is 10.4. The molecule has 0 spiro atoms. The molecule has 0 bridgehead atoms. The number of nitrogens with one attached hydrogen (secondary N) is 5. The molecular formula is C39H47N7O6. The maximum absolute atomic E-state index is 14.2. The third-order valence-electron chi connectivity index (χ3n) is 9.73. The van der Waals surface area contributed by atoms with Crippen LogP contribution in [0.4, 0.5) is 0 Å². The summed E-state index contributed by atoms with van der Waals surface area (Å²) in [5.41, 5.74) is 8.21. The monoisotopic (exact) mass is 709 g/mol. The molecule has 2 fully saturated rings. The molecule has 0 radical (unpaired) electrons. The van der Waals surface area contributed by atoms with Crippen LogP contribution >= 0.6 is 0 Å². The van der Waals surface area contributed by atoms with Crippen molar-refractivity contribution < 1.29 is 29.1 Å². The fourth-order valence-electron chi connectivity index (χ4n) is 7.35. The Labute approximate surface area is 303 Å². The Morgan fingerprint density at radius 3 is 2.10 bits per heavy atom. The largest absolute Gasteiger partial charge is 0.481 e. The molecule has 0 aliphatic carbocycles. The minimum atomic E-state index is -1.13. The number of carboxylic acids is 1. The van der Waals surface area contributed by atoms with E-state index in [1.807, 2.05) is 91.0 Å². The number of carbonyl (C=O) groups excluding carboxylic acids is 4. The number of hydrogen-bond donors (Lipinski definition) is 7. The lowest BCUT2D eigenvalue weighted by Gasteiger charge is -2.39. The maximum Gasteiger partial charge on any atom is 0.305 e.